The van der Waals surface area contributed by atoms with Crippen LogP contribution in [0.3, 0.4) is 0 Å². The Balaban J connectivity index is 2.33. The van der Waals surface area contributed by atoms with E-state index in [9.17, 15) is 112 Å². The largest absolute Gasteiger partial charge is 0.481 e. The van der Waals surface area contributed by atoms with Gasteiger partial charge in [0.1, 0.15) is 84.6 Å². The fourth-order valence-electron chi connectivity index (χ4n) is 12.6. The number of nitrogens with two attached hydrogens (primary N) is 5. The van der Waals surface area contributed by atoms with E-state index in [1.807, 2.05) is 0 Å². The first-order chi connectivity index (χ1) is 53.7. The molecule has 0 unspecified atom stereocenters. The van der Waals surface area contributed by atoms with Gasteiger partial charge in [0.25, 0.3) is 0 Å². The van der Waals surface area contributed by atoms with Crippen LogP contribution in [0.5, 0.6) is 0 Å². The van der Waals surface area contributed by atoms with Gasteiger partial charge in [0.05, 0.1) is 31.5 Å². The molecule has 0 bridgehead atoms. The van der Waals surface area contributed by atoms with Crippen molar-refractivity contribution in [2.45, 2.75) is 276 Å². The summed E-state index contributed by atoms with van der Waals surface area (Å²) >= 11 is 0. The molecule has 43 nitrogen and oxygen atoms in total. The van der Waals surface area contributed by atoms with Crippen molar-refractivity contribution in [3.05, 3.63) is 0 Å². The van der Waals surface area contributed by atoms with Crippen LogP contribution in [0, 0.1) is 29.6 Å². The third kappa shape index (κ3) is 33.4. The van der Waals surface area contributed by atoms with Gasteiger partial charge < -0.3 is 133 Å². The molecule has 0 aromatic carbocycles. The van der Waals surface area contributed by atoms with E-state index >= 15 is 0 Å². The zero-order valence-electron chi connectivity index (χ0n) is 67.7. The number of aliphatic imine (C=N–C) groups is 1. The van der Waals surface area contributed by atoms with Gasteiger partial charge in [-0.15, -0.1) is 0 Å². The topological polar surface area (TPSA) is 705 Å². The Morgan fingerprint density at radius 3 is 1.19 bits per heavy atom. The predicted molar refractivity (Wildman–Crippen MR) is 413 cm³/mol. The zero-order chi connectivity index (χ0) is 87.6. The molecule has 0 aromatic rings. The average molecular weight is 1640 g/mol. The van der Waals surface area contributed by atoms with Gasteiger partial charge in [-0.05, 0) is 121 Å². The van der Waals surface area contributed by atoms with E-state index in [2.05, 4.69) is 68.8 Å². The second-order valence-electron chi connectivity index (χ2n) is 30.7. The van der Waals surface area contributed by atoms with Crippen LogP contribution in [0.4, 0.5) is 0 Å². The van der Waals surface area contributed by atoms with Crippen LogP contribution in [-0.4, -0.2) is 289 Å². The second-order valence-corrected chi connectivity index (χ2v) is 30.7. The summed E-state index contributed by atoms with van der Waals surface area (Å²) in [6.07, 6.45) is -3.62. The number of rotatable bonds is 51. The molecule has 0 spiro atoms. The number of aliphatic hydroxyl groups excluding tert-OH is 4. The molecule has 15 amide bonds. The van der Waals surface area contributed by atoms with Crippen LogP contribution in [0.15, 0.2) is 4.99 Å². The number of primary amides is 1. The molecule has 2 rings (SSSR count). The molecule has 17 atom stereocenters. The lowest BCUT2D eigenvalue weighted by atomic mass is 9.98. The summed E-state index contributed by atoms with van der Waals surface area (Å²) in [4.78, 5) is 238. The van der Waals surface area contributed by atoms with Gasteiger partial charge in [0.2, 0.25) is 88.6 Å². The van der Waals surface area contributed by atoms with Gasteiger partial charge in [-0.2, -0.15) is 0 Å². The highest BCUT2D eigenvalue weighted by molar-refractivity contribution is 6.01. The predicted octanol–water partition coefficient (Wildman–Crippen LogP) is -8.07. The van der Waals surface area contributed by atoms with Crippen LogP contribution >= 0.6 is 0 Å². The van der Waals surface area contributed by atoms with Gasteiger partial charge in [0.15, 0.2) is 5.96 Å². The molecule has 0 aromatic heterocycles. The Labute approximate surface area is 668 Å². The number of carboxylic acids is 2. The third-order valence-corrected chi connectivity index (χ3v) is 19.2. The minimum atomic E-state index is -1.89. The van der Waals surface area contributed by atoms with E-state index in [0.29, 0.717) is 32.2 Å². The zero-order valence-corrected chi connectivity index (χ0v) is 67.7. The first-order valence-corrected chi connectivity index (χ1v) is 38.8. The van der Waals surface area contributed by atoms with Crippen LogP contribution in [0.25, 0.3) is 0 Å². The molecule has 2 heterocycles. The smallest absolute Gasteiger partial charge is 0.326 e. The molecule has 2 fully saturated rings. The summed E-state index contributed by atoms with van der Waals surface area (Å²) in [6, 6.07) is -22.9. The third-order valence-electron chi connectivity index (χ3n) is 19.2. The van der Waals surface area contributed by atoms with E-state index in [0.717, 1.165) is 18.7 Å². The molecule has 652 valence electrons. The van der Waals surface area contributed by atoms with Gasteiger partial charge >= 0.3 is 11.9 Å². The molecule has 2 saturated heterocycles. The Bertz CT molecular complexity index is 3370. The molecular formula is C72H126N20O23. The molecule has 28 N–H and O–H groups in total. The molecule has 2 aliphatic heterocycles. The number of hydrogen-bond acceptors (Lipinski definition) is 24. The summed E-state index contributed by atoms with van der Waals surface area (Å²) in [5.41, 5.74) is 27.7. The van der Waals surface area contributed by atoms with Gasteiger partial charge in [-0.25, -0.2) is 4.79 Å². The highest BCUT2D eigenvalue weighted by Crippen LogP contribution is 2.24. The monoisotopic (exact) mass is 1640 g/mol. The van der Waals surface area contributed by atoms with Crippen molar-refractivity contribution in [2.24, 2.45) is 63.3 Å². The maximum absolute atomic E-state index is 14.4. The number of nitrogens with zero attached hydrogens (tertiary/aromatic N) is 3. The van der Waals surface area contributed by atoms with Gasteiger partial charge in [-0.3, -0.25) is 81.7 Å². The minimum absolute atomic E-state index is 0.0222. The van der Waals surface area contributed by atoms with E-state index < -0.39 is 260 Å². The van der Waals surface area contributed by atoms with E-state index in [1.54, 1.807) is 27.7 Å². The Morgan fingerprint density at radius 2 is 0.783 bits per heavy atom. The number of guanidine groups is 1. The van der Waals surface area contributed by atoms with Crippen molar-refractivity contribution in [3.8, 4) is 0 Å². The molecule has 43 heteroatoms. The number of amides is 15. The maximum atomic E-state index is 14.4. The number of aliphatic hydroxyl groups is 4. The van der Waals surface area contributed by atoms with E-state index in [1.165, 1.54) is 46.4 Å². The average Bonchev–Trinajstić information content (AvgIpc) is 1.73. The summed E-state index contributed by atoms with van der Waals surface area (Å²) in [5.74, 6) is -21.0. The number of aliphatic carboxylic acids is 2. The Morgan fingerprint density at radius 1 is 0.409 bits per heavy atom. The SMILES string of the molecule is CC(C)C[C@H](NC(=O)[C@@H](NC(=O)[C@@H]1CCCN1C(=O)[C@@H](NC(=O)[C@H](CO)NC(=O)[C@@H](NC(=O)[C@H](CCC(N)=O)NC(=O)[C@@H]1CCCN1C(=O)[C@@H](NC(=O)[C@@H](N)CCCCN)C(C)C)C(C)C)[C@@H](C)O)[C@@H](C)O)C(=O)N[C@H](C(=O)N[C@@H](CCC(=O)O)C(=O)N[C@H](C(=O)N[C@@H](CO)C(=O)N[C@@H](CCCN=C(N)N)C(=O)O)C(C)C)C(C)C. The molecule has 115 heavy (non-hydrogen) atoms. The second kappa shape index (κ2) is 49.7. The van der Waals surface area contributed by atoms with E-state index in [-0.39, 0.29) is 76.5 Å². The fraction of sp³-hybridized carbons (Fsp3) is 0.750. The number of hydrogen-bond donors (Lipinski definition) is 23. The van der Waals surface area contributed by atoms with Crippen molar-refractivity contribution >= 4 is 107 Å². The number of carbonyl (C=O) groups is 17. The summed E-state index contributed by atoms with van der Waals surface area (Å²) in [6.45, 7) is 16.1. The van der Waals surface area contributed by atoms with Crippen molar-refractivity contribution < 1.29 is 112 Å². The molecule has 2 aliphatic rings. The van der Waals surface area contributed by atoms with Crippen LogP contribution < -0.4 is 92.5 Å². The lowest BCUT2D eigenvalue weighted by Gasteiger charge is -2.32. The maximum Gasteiger partial charge on any atom is 0.326 e. The van der Waals surface area contributed by atoms with Crippen molar-refractivity contribution in [3.63, 3.8) is 0 Å². The first kappa shape index (κ1) is 101. The lowest BCUT2D eigenvalue weighted by Crippen LogP contribution is -2.63. The summed E-state index contributed by atoms with van der Waals surface area (Å²) < 4.78 is 0. The Hall–Kier alpha value is -9.98. The number of carbonyl (C=O) groups excluding carboxylic acids is 15. The van der Waals surface area contributed by atoms with Gasteiger partial charge in [0, 0.05) is 32.5 Å². The number of carboxylic acid groups (broad SMARTS) is 2. The molecule has 0 aliphatic carbocycles. The van der Waals surface area contributed by atoms with Crippen LogP contribution in [0.2, 0.25) is 0 Å². The molecule has 0 saturated carbocycles. The first-order valence-electron chi connectivity index (χ1n) is 38.8. The number of unbranched alkanes of at least 4 members (excludes halogenated alkanes) is 1. The highest BCUT2D eigenvalue weighted by Gasteiger charge is 2.45. The van der Waals surface area contributed by atoms with Crippen LogP contribution in [0.1, 0.15) is 173 Å². The fourth-order valence-corrected chi connectivity index (χ4v) is 12.6. The molecule has 0 radical (unpaired) electrons. The number of nitrogens with one attached hydrogen (secondary N) is 12. The quantitative estimate of drug-likeness (QED) is 0.0153. The summed E-state index contributed by atoms with van der Waals surface area (Å²) in [5, 5.41) is 91.1. The highest BCUT2D eigenvalue weighted by atomic mass is 16.4. The van der Waals surface area contributed by atoms with Crippen LogP contribution in [-0.2, 0) is 81.5 Å². The minimum Gasteiger partial charge on any atom is -0.481 e. The summed E-state index contributed by atoms with van der Waals surface area (Å²) in [7, 11) is 0. The van der Waals surface area contributed by atoms with Gasteiger partial charge in [-0.1, -0.05) is 75.7 Å². The van der Waals surface area contributed by atoms with Crippen molar-refractivity contribution in [2.75, 3.05) is 39.4 Å². The Kier molecular flexibility index (Phi) is 43.7. The van der Waals surface area contributed by atoms with Crippen molar-refractivity contribution in [1.82, 2.24) is 73.6 Å². The number of likely N-dealkylation sites (tertiary alicyclic amines) is 2. The normalized spacial score (nSPS) is 18.0. The lowest BCUT2D eigenvalue weighted by molar-refractivity contribution is -0.145. The molecular weight excluding hydrogens is 1510 g/mol. The standard InChI is InChI=1S/C72H126N20O23/c1-33(2)30-44(60(103)87-51(34(3)4)65(108)80-42(23-25-50(98)99)59(102)86-52(35(5)6)66(109)83-45(31-93)61(104)81-43(71(114)115)19-15-27-78-72(76)77)82-68(111)55(38(11)95)89-64(107)48-21-17-29-92(48)70(113)56(39(12)96)90-62(105)46(32-94)84-67(110)53(36(7)8)85-58(101)41(22-24-49(75)97)79-63(106)47-20-16-28-91(47)69(112)54(37(9)10)88-57(100)40(74)18-13-14-26-73/h33-48,51-56,93-96H,13-32,73-74H2,1-12H3,(H2,75,97)(H,79,106)(H,80,108)(H,81,104)(H,82,111)(H,83,109)(H,84,110)(H,85,101)(H,86,102)(H,87,103)(H,88,100)(H,89,107)(H,90,105)(H,98,99)(H,114,115)(H4,76,77,78)/t38-,39-,40+,41+,42+,43+,44+,45+,46+,47+,48+,51+,52+,53+,54+,55+,56+/m1/s1. The van der Waals surface area contributed by atoms with Crippen molar-refractivity contribution in [1.29, 1.82) is 0 Å². The van der Waals surface area contributed by atoms with E-state index in [4.69, 9.17) is 28.7 Å².